The molecule has 4 rings (SSSR count). The average molecular weight is 428 g/mol. The van der Waals surface area contributed by atoms with Crippen LogP contribution < -0.4 is 0 Å². The topological polar surface area (TPSA) is 82.8 Å². The number of hydrogen-bond donors (Lipinski definition) is 0. The quantitative estimate of drug-likeness (QED) is 0.469. The Morgan fingerprint density at radius 2 is 1.45 bits per heavy atom. The maximum Gasteiger partial charge on any atom is 0.188 e. The lowest BCUT2D eigenvalue weighted by atomic mass is 10.1. The summed E-state index contributed by atoms with van der Waals surface area (Å²) in [5, 5.41) is 4.71. The van der Waals surface area contributed by atoms with Crippen LogP contribution in [0.5, 0.6) is 0 Å². The fourth-order valence-electron chi connectivity index (χ4n) is 2.93. The molecule has 0 saturated carbocycles. The van der Waals surface area contributed by atoms with Gasteiger partial charge in [-0.25, -0.2) is 17.9 Å². The molecule has 0 aliphatic heterocycles. The molecular formula is C20H17N3O4S2. The number of nitrogens with zero attached hydrogens (tertiary/aromatic N) is 3. The summed E-state index contributed by atoms with van der Waals surface area (Å²) >= 11 is -3.05. The fraction of sp³-hybridized carbons (Fsp3) is 0.100. The lowest BCUT2D eigenvalue weighted by Crippen LogP contribution is -1.99. The Bertz CT molecular complexity index is 1240. The summed E-state index contributed by atoms with van der Waals surface area (Å²) in [5.74, 6) is 0. The number of rotatable bonds is 6. The van der Waals surface area contributed by atoms with Crippen molar-refractivity contribution in [2.24, 2.45) is 0 Å². The maximum atomic E-state index is 12.0. The van der Waals surface area contributed by atoms with Crippen LogP contribution in [0.1, 0.15) is 0 Å². The summed E-state index contributed by atoms with van der Waals surface area (Å²) in [5.41, 5.74) is 3.76. The minimum atomic E-state index is -1.53. The number of benzene rings is 2. The largest absolute Gasteiger partial charge is 0.290 e. The van der Waals surface area contributed by atoms with Gasteiger partial charge in [-0.1, -0.05) is 24.3 Å². The molecule has 0 spiro atoms. The van der Waals surface area contributed by atoms with Gasteiger partial charge in [0.2, 0.25) is 0 Å². The van der Waals surface area contributed by atoms with E-state index in [9.17, 15) is 8.42 Å². The maximum absolute atomic E-state index is 12.0. The zero-order valence-corrected chi connectivity index (χ0v) is 17.3. The summed E-state index contributed by atoms with van der Waals surface area (Å²) in [6, 6.07) is 18.2. The first-order chi connectivity index (χ1) is 14.1. The molecular weight excluding hydrogens is 410 g/mol. The smallest absolute Gasteiger partial charge is 0.188 e. The van der Waals surface area contributed by atoms with Crippen LogP contribution in [0.3, 0.4) is 0 Å². The second kappa shape index (κ2) is 8.34. The SMILES string of the molecule is COS(=O)c1cccc(-c2ccc3ncc(-c4cccc(S(=O)OC)c4)n3n2)c1. The lowest BCUT2D eigenvalue weighted by molar-refractivity contribution is 0.445. The molecule has 29 heavy (non-hydrogen) atoms. The highest BCUT2D eigenvalue weighted by Gasteiger charge is 2.12. The van der Waals surface area contributed by atoms with Gasteiger partial charge in [0.05, 0.1) is 41.6 Å². The van der Waals surface area contributed by atoms with E-state index >= 15 is 0 Å². The van der Waals surface area contributed by atoms with Gasteiger partial charge in [-0.15, -0.1) is 0 Å². The van der Waals surface area contributed by atoms with Crippen LogP contribution in [-0.4, -0.2) is 37.2 Å². The Balaban J connectivity index is 1.80. The molecule has 4 aromatic rings. The van der Waals surface area contributed by atoms with Crippen LogP contribution in [0.4, 0.5) is 0 Å². The second-order valence-corrected chi connectivity index (χ2v) is 8.54. The molecule has 2 aromatic carbocycles. The Hall–Kier alpha value is -2.72. The summed E-state index contributed by atoms with van der Waals surface area (Å²) in [6.07, 6.45) is 1.72. The molecule has 0 saturated heterocycles. The minimum Gasteiger partial charge on any atom is -0.290 e. The number of hydrogen-bond acceptors (Lipinski definition) is 6. The van der Waals surface area contributed by atoms with Crippen LogP contribution in [0.25, 0.3) is 28.2 Å². The summed E-state index contributed by atoms with van der Waals surface area (Å²) in [6.45, 7) is 0. The fourth-order valence-corrected chi connectivity index (χ4v) is 4.15. The first kappa shape index (κ1) is 19.6. The van der Waals surface area contributed by atoms with Gasteiger partial charge in [0.15, 0.2) is 27.8 Å². The van der Waals surface area contributed by atoms with E-state index in [2.05, 4.69) is 4.98 Å². The molecule has 0 N–H and O–H groups in total. The van der Waals surface area contributed by atoms with Crippen molar-refractivity contribution in [1.29, 1.82) is 0 Å². The predicted molar refractivity (Wildman–Crippen MR) is 111 cm³/mol. The molecule has 2 heterocycles. The highest BCUT2D eigenvalue weighted by Crippen LogP contribution is 2.25. The molecule has 0 radical (unpaired) electrons. The lowest BCUT2D eigenvalue weighted by Gasteiger charge is -2.07. The molecule has 0 aliphatic carbocycles. The minimum absolute atomic E-state index is 0.561. The third-order valence-electron chi connectivity index (χ3n) is 4.31. The van der Waals surface area contributed by atoms with Gasteiger partial charge in [0.1, 0.15) is 0 Å². The first-order valence-corrected chi connectivity index (χ1v) is 10.7. The molecule has 7 nitrogen and oxygen atoms in total. The molecule has 148 valence electrons. The van der Waals surface area contributed by atoms with Crippen LogP contribution in [0.2, 0.25) is 0 Å². The van der Waals surface area contributed by atoms with Gasteiger partial charge in [0.25, 0.3) is 0 Å². The normalized spacial score (nSPS) is 13.4. The van der Waals surface area contributed by atoms with Crippen molar-refractivity contribution in [3.05, 3.63) is 66.9 Å². The van der Waals surface area contributed by atoms with E-state index < -0.39 is 22.2 Å². The second-order valence-electron chi connectivity index (χ2n) is 5.99. The van der Waals surface area contributed by atoms with Crippen molar-refractivity contribution in [3.63, 3.8) is 0 Å². The Kier molecular flexibility index (Phi) is 5.63. The third-order valence-corrected chi connectivity index (χ3v) is 6.19. The molecule has 0 amide bonds. The van der Waals surface area contributed by atoms with E-state index in [1.807, 2.05) is 36.4 Å². The van der Waals surface area contributed by atoms with Crippen molar-refractivity contribution < 1.29 is 16.8 Å². The Labute approximate surface area is 172 Å². The monoisotopic (exact) mass is 427 g/mol. The van der Waals surface area contributed by atoms with Crippen molar-refractivity contribution in [3.8, 4) is 22.5 Å². The van der Waals surface area contributed by atoms with Gasteiger partial charge in [-0.3, -0.25) is 8.37 Å². The molecule has 2 unspecified atom stereocenters. The summed E-state index contributed by atoms with van der Waals surface area (Å²) in [4.78, 5) is 5.53. The van der Waals surface area contributed by atoms with Gasteiger partial charge in [0, 0.05) is 11.1 Å². The van der Waals surface area contributed by atoms with Gasteiger partial charge in [-0.2, -0.15) is 5.10 Å². The van der Waals surface area contributed by atoms with Gasteiger partial charge >= 0.3 is 0 Å². The van der Waals surface area contributed by atoms with E-state index in [1.54, 1.807) is 35.0 Å². The van der Waals surface area contributed by atoms with Crippen molar-refractivity contribution >= 4 is 27.8 Å². The van der Waals surface area contributed by atoms with Crippen molar-refractivity contribution in [2.45, 2.75) is 9.79 Å². The molecule has 2 atom stereocenters. The number of aromatic nitrogens is 3. The van der Waals surface area contributed by atoms with Crippen molar-refractivity contribution in [1.82, 2.24) is 14.6 Å². The van der Waals surface area contributed by atoms with E-state index in [0.29, 0.717) is 21.1 Å². The third kappa shape index (κ3) is 3.90. The zero-order chi connectivity index (χ0) is 20.4. The van der Waals surface area contributed by atoms with Gasteiger partial charge < -0.3 is 0 Å². The van der Waals surface area contributed by atoms with E-state index in [0.717, 1.165) is 16.8 Å². The van der Waals surface area contributed by atoms with Crippen LogP contribution in [0, 0.1) is 0 Å². The molecule has 0 aliphatic rings. The van der Waals surface area contributed by atoms with E-state index in [-0.39, 0.29) is 0 Å². The highest BCUT2D eigenvalue weighted by atomic mass is 32.2. The summed E-state index contributed by atoms with van der Waals surface area (Å²) in [7, 11) is 2.80. The van der Waals surface area contributed by atoms with Crippen LogP contribution >= 0.6 is 0 Å². The summed E-state index contributed by atoms with van der Waals surface area (Å²) < 4.78 is 35.4. The van der Waals surface area contributed by atoms with Crippen LogP contribution in [0.15, 0.2) is 76.7 Å². The predicted octanol–water partition coefficient (Wildman–Crippen LogP) is 3.40. The standard InChI is InChI=1S/C20H17N3O4S2/c1-26-28(24)16-7-3-5-14(11-16)18-9-10-20-21-13-19(23(20)22-18)15-6-4-8-17(12-15)29(25)27-2/h3-13H,1-2H3. The highest BCUT2D eigenvalue weighted by molar-refractivity contribution is 7.80. The number of imidazole rings is 1. The average Bonchev–Trinajstić information content (AvgIpc) is 3.21. The number of fused-ring (bicyclic) bond motifs is 1. The molecule has 0 bridgehead atoms. The Morgan fingerprint density at radius 3 is 2.10 bits per heavy atom. The first-order valence-electron chi connectivity index (χ1n) is 8.59. The van der Waals surface area contributed by atoms with E-state index in [4.69, 9.17) is 13.5 Å². The van der Waals surface area contributed by atoms with Crippen LogP contribution in [-0.2, 0) is 30.5 Å². The Morgan fingerprint density at radius 1 is 0.828 bits per heavy atom. The van der Waals surface area contributed by atoms with Crippen molar-refractivity contribution in [2.75, 3.05) is 14.2 Å². The van der Waals surface area contributed by atoms with Gasteiger partial charge in [-0.05, 0) is 36.4 Å². The van der Waals surface area contributed by atoms with E-state index in [1.165, 1.54) is 14.2 Å². The molecule has 0 fully saturated rings. The molecule has 2 aromatic heterocycles. The zero-order valence-electron chi connectivity index (χ0n) is 15.6. The molecule has 9 heteroatoms.